The number of hydrogen-bond donors (Lipinski definition) is 1. The van der Waals surface area contributed by atoms with Gasteiger partial charge < -0.3 is 15.2 Å². The zero-order chi connectivity index (χ0) is 13.9. The Morgan fingerprint density at radius 2 is 2.00 bits per heavy atom. The summed E-state index contributed by atoms with van der Waals surface area (Å²) in [6, 6.07) is 3.51. The summed E-state index contributed by atoms with van der Waals surface area (Å²) in [4.78, 5) is 12.2. The summed E-state index contributed by atoms with van der Waals surface area (Å²) in [6.45, 7) is 5.67. The van der Waals surface area contributed by atoms with Crippen molar-refractivity contribution in [3.8, 4) is 5.75 Å². The number of carbonyl (C=O) groups is 1. The van der Waals surface area contributed by atoms with E-state index in [-0.39, 0.29) is 6.54 Å². The normalized spacial score (nSPS) is 11.2. The maximum Gasteiger partial charge on any atom is 0.340 e. The molecule has 0 fully saturated rings. The molecule has 0 saturated heterocycles. The van der Waals surface area contributed by atoms with E-state index in [2.05, 4.69) is 15.9 Å². The third-order valence-corrected chi connectivity index (χ3v) is 2.91. The Morgan fingerprint density at radius 1 is 1.39 bits per heavy atom. The molecule has 0 spiro atoms. The lowest BCUT2D eigenvalue weighted by molar-refractivity contribution is 0.00668. The van der Waals surface area contributed by atoms with Crippen LogP contribution in [0.5, 0.6) is 5.75 Å². The smallest absolute Gasteiger partial charge is 0.340 e. The Balaban J connectivity index is 3.26. The maximum atomic E-state index is 12.2. The third kappa shape index (κ3) is 3.46. The van der Waals surface area contributed by atoms with Crippen molar-refractivity contribution in [1.82, 2.24) is 0 Å². The van der Waals surface area contributed by atoms with E-state index in [1.807, 2.05) is 20.8 Å². The molecule has 0 heterocycles. The average Bonchev–Trinajstić information content (AvgIpc) is 2.25. The highest BCUT2D eigenvalue weighted by atomic mass is 79.9. The van der Waals surface area contributed by atoms with Crippen LogP contribution in [0, 0.1) is 0 Å². The fourth-order valence-electron chi connectivity index (χ4n) is 1.54. The van der Waals surface area contributed by atoms with Gasteiger partial charge in [0, 0.05) is 16.6 Å². The zero-order valence-electron chi connectivity index (χ0n) is 11.0. The van der Waals surface area contributed by atoms with Gasteiger partial charge in [0.15, 0.2) is 0 Å². The topological polar surface area (TPSA) is 61.5 Å². The maximum absolute atomic E-state index is 12.2. The molecule has 4 nitrogen and oxygen atoms in total. The van der Waals surface area contributed by atoms with Crippen molar-refractivity contribution in [2.24, 2.45) is 5.73 Å². The Bertz CT molecular complexity index is 452. The van der Waals surface area contributed by atoms with Crippen molar-refractivity contribution >= 4 is 21.9 Å². The molecule has 0 amide bonds. The first-order valence-electron chi connectivity index (χ1n) is 5.59. The van der Waals surface area contributed by atoms with E-state index in [4.69, 9.17) is 15.2 Å². The number of halogens is 1. The number of ether oxygens (including phenoxy) is 2. The summed E-state index contributed by atoms with van der Waals surface area (Å²) < 4.78 is 11.2. The van der Waals surface area contributed by atoms with Gasteiger partial charge in [0.25, 0.3) is 0 Å². The van der Waals surface area contributed by atoms with Crippen molar-refractivity contribution < 1.29 is 14.3 Å². The molecule has 0 saturated carbocycles. The monoisotopic (exact) mass is 315 g/mol. The molecular weight excluding hydrogens is 298 g/mol. The van der Waals surface area contributed by atoms with Crippen molar-refractivity contribution in [1.29, 1.82) is 0 Å². The van der Waals surface area contributed by atoms with Crippen LogP contribution in [0.2, 0.25) is 0 Å². The highest BCUT2D eigenvalue weighted by molar-refractivity contribution is 9.10. The summed E-state index contributed by atoms with van der Waals surface area (Å²) in [6.07, 6.45) is 0. The lowest BCUT2D eigenvalue weighted by Crippen LogP contribution is -2.25. The molecule has 0 unspecified atom stereocenters. The van der Waals surface area contributed by atoms with Crippen molar-refractivity contribution in [3.05, 3.63) is 27.7 Å². The zero-order valence-corrected chi connectivity index (χ0v) is 12.6. The predicted molar refractivity (Wildman–Crippen MR) is 73.8 cm³/mol. The molecule has 2 N–H and O–H groups in total. The number of rotatable bonds is 3. The van der Waals surface area contributed by atoms with Crippen LogP contribution in [-0.4, -0.2) is 18.7 Å². The first-order valence-corrected chi connectivity index (χ1v) is 6.38. The molecule has 1 aromatic carbocycles. The molecule has 18 heavy (non-hydrogen) atoms. The quantitative estimate of drug-likeness (QED) is 0.871. The number of benzene rings is 1. The van der Waals surface area contributed by atoms with E-state index in [1.54, 1.807) is 19.2 Å². The summed E-state index contributed by atoms with van der Waals surface area (Å²) in [5, 5.41) is 0. The molecule has 0 aliphatic carbocycles. The fourth-order valence-corrected chi connectivity index (χ4v) is 2.08. The SMILES string of the molecule is COc1ccc(Br)c(C(=O)OC(C)(C)C)c1CN. The van der Waals surface area contributed by atoms with Gasteiger partial charge in [-0.3, -0.25) is 0 Å². The van der Waals surface area contributed by atoms with E-state index in [0.29, 0.717) is 21.3 Å². The molecule has 1 rings (SSSR count). The second-order valence-corrected chi connectivity index (χ2v) is 5.66. The van der Waals surface area contributed by atoms with E-state index in [0.717, 1.165) is 0 Å². The van der Waals surface area contributed by atoms with E-state index < -0.39 is 11.6 Å². The third-order valence-electron chi connectivity index (χ3n) is 2.25. The number of hydrogen-bond acceptors (Lipinski definition) is 4. The number of esters is 1. The number of carbonyl (C=O) groups excluding carboxylic acids is 1. The molecule has 0 atom stereocenters. The first kappa shape index (κ1) is 15.0. The van der Waals surface area contributed by atoms with Crippen LogP contribution in [0.25, 0.3) is 0 Å². The molecule has 0 bridgehead atoms. The second kappa shape index (κ2) is 5.71. The molecule has 5 heteroatoms. The van der Waals surface area contributed by atoms with Crippen LogP contribution in [0.15, 0.2) is 16.6 Å². The minimum Gasteiger partial charge on any atom is -0.496 e. The Morgan fingerprint density at radius 3 is 2.44 bits per heavy atom. The van der Waals surface area contributed by atoms with Gasteiger partial charge in [0.05, 0.1) is 12.7 Å². The lowest BCUT2D eigenvalue weighted by atomic mass is 10.1. The van der Waals surface area contributed by atoms with Crippen molar-refractivity contribution in [2.75, 3.05) is 7.11 Å². The summed E-state index contributed by atoms with van der Waals surface area (Å²) in [5.41, 5.74) is 6.20. The lowest BCUT2D eigenvalue weighted by Gasteiger charge is -2.21. The van der Waals surface area contributed by atoms with Gasteiger partial charge in [-0.15, -0.1) is 0 Å². The van der Waals surface area contributed by atoms with Crippen LogP contribution in [-0.2, 0) is 11.3 Å². The van der Waals surface area contributed by atoms with Crippen molar-refractivity contribution in [3.63, 3.8) is 0 Å². The van der Waals surface area contributed by atoms with Crippen LogP contribution >= 0.6 is 15.9 Å². The Kier molecular flexibility index (Phi) is 4.76. The molecule has 1 aromatic rings. The van der Waals surface area contributed by atoms with Crippen molar-refractivity contribution in [2.45, 2.75) is 32.9 Å². The van der Waals surface area contributed by atoms with Gasteiger partial charge in [-0.25, -0.2) is 4.79 Å². The molecule has 0 aromatic heterocycles. The highest BCUT2D eigenvalue weighted by Gasteiger charge is 2.24. The van der Waals surface area contributed by atoms with E-state index in [1.165, 1.54) is 0 Å². The first-order chi connectivity index (χ1) is 8.30. The second-order valence-electron chi connectivity index (χ2n) is 4.81. The molecule has 100 valence electrons. The van der Waals surface area contributed by atoms with E-state index in [9.17, 15) is 4.79 Å². The fraction of sp³-hybridized carbons (Fsp3) is 0.462. The van der Waals surface area contributed by atoms with Crippen LogP contribution in [0.3, 0.4) is 0 Å². The van der Waals surface area contributed by atoms with E-state index >= 15 is 0 Å². The van der Waals surface area contributed by atoms with Gasteiger partial charge >= 0.3 is 5.97 Å². The standard InChI is InChI=1S/C13H18BrNO3/c1-13(2,3)18-12(16)11-8(7-15)10(17-4)6-5-9(11)14/h5-6H,7,15H2,1-4H3. The average molecular weight is 316 g/mol. The summed E-state index contributed by atoms with van der Waals surface area (Å²) in [5.74, 6) is 0.176. The summed E-state index contributed by atoms with van der Waals surface area (Å²) >= 11 is 3.35. The number of methoxy groups -OCH3 is 1. The van der Waals surface area contributed by atoms with Gasteiger partial charge in [-0.05, 0) is 48.8 Å². The molecular formula is C13H18BrNO3. The van der Waals surface area contributed by atoms with Gasteiger partial charge in [0.1, 0.15) is 11.4 Å². The van der Waals surface area contributed by atoms with Crippen LogP contribution in [0.1, 0.15) is 36.7 Å². The van der Waals surface area contributed by atoms with Gasteiger partial charge in [-0.2, -0.15) is 0 Å². The highest BCUT2D eigenvalue weighted by Crippen LogP contribution is 2.30. The minimum atomic E-state index is -0.550. The minimum absolute atomic E-state index is 0.206. The van der Waals surface area contributed by atoms with Gasteiger partial charge in [-0.1, -0.05) is 0 Å². The molecule has 0 aliphatic heterocycles. The summed E-state index contributed by atoms with van der Waals surface area (Å²) in [7, 11) is 1.54. The Hall–Kier alpha value is -1.07. The van der Waals surface area contributed by atoms with Gasteiger partial charge in [0.2, 0.25) is 0 Å². The molecule has 0 radical (unpaired) electrons. The van der Waals surface area contributed by atoms with Crippen LogP contribution in [0.4, 0.5) is 0 Å². The number of nitrogens with two attached hydrogens (primary N) is 1. The Labute approximate surface area is 116 Å². The largest absolute Gasteiger partial charge is 0.496 e. The molecule has 0 aliphatic rings. The van der Waals surface area contributed by atoms with Crippen LogP contribution < -0.4 is 10.5 Å². The predicted octanol–water partition coefficient (Wildman–Crippen LogP) is 2.87.